The minimum atomic E-state index is -0.450. The minimum Gasteiger partial charge on any atom is -0.463 e. The van der Waals surface area contributed by atoms with E-state index < -0.39 is 5.60 Å². The quantitative estimate of drug-likeness (QED) is 0.316. The first-order valence-electron chi connectivity index (χ1n) is 9.83. The van der Waals surface area contributed by atoms with Crippen molar-refractivity contribution in [2.45, 2.75) is 77.1 Å². The van der Waals surface area contributed by atoms with Crippen LogP contribution in [0, 0.1) is 5.92 Å². The van der Waals surface area contributed by atoms with Gasteiger partial charge in [0.25, 0.3) is 0 Å². The largest absolute Gasteiger partial charge is 0.463 e. The van der Waals surface area contributed by atoms with Crippen LogP contribution in [0.2, 0.25) is 0 Å². The van der Waals surface area contributed by atoms with Crippen LogP contribution in [0.5, 0.6) is 0 Å². The molecule has 3 aliphatic rings. The smallest absolute Gasteiger partial charge is 0.334 e. The van der Waals surface area contributed by atoms with Crippen LogP contribution < -0.4 is 0 Å². The molecule has 2 heterocycles. The average Bonchev–Trinajstić information content (AvgIpc) is 3.21. The Balaban J connectivity index is 1.80. The van der Waals surface area contributed by atoms with Gasteiger partial charge >= 0.3 is 11.9 Å². The van der Waals surface area contributed by atoms with Gasteiger partial charge in [-0.25, -0.2) is 4.79 Å². The molecule has 4 unspecified atom stereocenters. The number of carbonyl (C=O) groups excluding carboxylic acids is 2. The van der Waals surface area contributed by atoms with Gasteiger partial charge in [0.05, 0.1) is 6.10 Å². The Hall–Kier alpha value is -1.88. The van der Waals surface area contributed by atoms with Gasteiger partial charge in [0, 0.05) is 24.8 Å². The molecule has 0 amide bonds. The molecular weight excluding hydrogens is 344 g/mol. The van der Waals surface area contributed by atoms with Gasteiger partial charge in [0.1, 0.15) is 18.3 Å². The Morgan fingerprint density at radius 3 is 2.78 bits per heavy atom. The first-order valence-corrected chi connectivity index (χ1v) is 9.83. The van der Waals surface area contributed by atoms with Gasteiger partial charge in [-0.05, 0) is 46.0 Å². The van der Waals surface area contributed by atoms with Crippen molar-refractivity contribution >= 4 is 11.9 Å². The van der Waals surface area contributed by atoms with E-state index in [4.69, 9.17) is 14.2 Å². The predicted molar refractivity (Wildman–Crippen MR) is 102 cm³/mol. The summed E-state index contributed by atoms with van der Waals surface area (Å²) in [7, 11) is 0. The van der Waals surface area contributed by atoms with Gasteiger partial charge in [-0.3, -0.25) is 4.79 Å². The number of hydrogen-bond acceptors (Lipinski definition) is 5. The van der Waals surface area contributed by atoms with E-state index in [0.29, 0.717) is 12.0 Å². The molecule has 2 saturated heterocycles. The number of esters is 2. The van der Waals surface area contributed by atoms with E-state index in [1.165, 1.54) is 18.1 Å². The first-order chi connectivity index (χ1) is 12.8. The van der Waals surface area contributed by atoms with Crippen molar-refractivity contribution in [3.63, 3.8) is 0 Å². The number of carbonyl (C=O) groups is 2. The molecule has 0 aromatic rings. The summed E-state index contributed by atoms with van der Waals surface area (Å²) in [4.78, 5) is 23.4. The highest BCUT2D eigenvalue weighted by Crippen LogP contribution is 2.48. The monoisotopic (exact) mass is 374 g/mol. The lowest BCUT2D eigenvalue weighted by Crippen LogP contribution is -2.27. The Labute approximate surface area is 161 Å². The molecule has 0 radical (unpaired) electrons. The SMILES string of the molecule is C=C1C(=O)OC2C/C(C)=C\CC/C(C)=C\CCC3(COC(C)=O)OC3CC12. The topological polar surface area (TPSA) is 65.1 Å². The van der Waals surface area contributed by atoms with E-state index >= 15 is 0 Å². The van der Waals surface area contributed by atoms with Crippen LogP contribution in [-0.2, 0) is 23.8 Å². The molecule has 5 nitrogen and oxygen atoms in total. The average molecular weight is 374 g/mol. The summed E-state index contributed by atoms with van der Waals surface area (Å²) < 4.78 is 16.9. The highest BCUT2D eigenvalue weighted by molar-refractivity contribution is 5.90. The van der Waals surface area contributed by atoms with E-state index in [1.54, 1.807) is 0 Å². The molecule has 4 atom stereocenters. The summed E-state index contributed by atoms with van der Waals surface area (Å²) in [5, 5.41) is 0. The standard InChI is InChI=1S/C22H30O5/c1-14-7-5-8-15(2)11-19-18(16(3)21(24)26-19)12-20-22(27-20,10-6-9-14)13-25-17(4)23/h8-9,18-20H,3,5-7,10-13H2,1-2,4H3/b14-9-,15-8-. The summed E-state index contributed by atoms with van der Waals surface area (Å²) in [6.45, 7) is 9.88. The zero-order valence-corrected chi connectivity index (χ0v) is 16.6. The number of epoxide rings is 1. The second kappa shape index (κ2) is 8.01. The summed E-state index contributed by atoms with van der Waals surface area (Å²) in [6, 6.07) is 0. The van der Waals surface area contributed by atoms with E-state index in [2.05, 4.69) is 32.6 Å². The van der Waals surface area contributed by atoms with Crippen molar-refractivity contribution < 1.29 is 23.8 Å². The van der Waals surface area contributed by atoms with Crippen molar-refractivity contribution in [3.05, 3.63) is 35.5 Å². The molecule has 2 fully saturated rings. The summed E-state index contributed by atoms with van der Waals surface area (Å²) >= 11 is 0. The molecule has 148 valence electrons. The van der Waals surface area contributed by atoms with Crippen molar-refractivity contribution in [2.75, 3.05) is 6.61 Å². The molecule has 0 N–H and O–H groups in total. The number of fused-ring (bicyclic) bond motifs is 2. The lowest BCUT2D eigenvalue weighted by atomic mass is 9.85. The molecule has 27 heavy (non-hydrogen) atoms. The second-order valence-electron chi connectivity index (χ2n) is 8.15. The fourth-order valence-electron chi connectivity index (χ4n) is 4.15. The van der Waals surface area contributed by atoms with Gasteiger partial charge in [-0.15, -0.1) is 0 Å². The molecule has 5 heteroatoms. The Morgan fingerprint density at radius 2 is 2.04 bits per heavy atom. The molecule has 2 aliphatic heterocycles. The van der Waals surface area contributed by atoms with Crippen LogP contribution in [0.1, 0.15) is 59.3 Å². The third kappa shape index (κ3) is 4.70. The predicted octanol–water partition coefficient (Wildman–Crippen LogP) is 4.03. The van der Waals surface area contributed by atoms with Gasteiger partial charge in [-0.2, -0.15) is 0 Å². The maximum Gasteiger partial charge on any atom is 0.334 e. The van der Waals surface area contributed by atoms with E-state index in [0.717, 1.165) is 32.1 Å². The maximum absolute atomic E-state index is 12.1. The minimum absolute atomic E-state index is 0.0449. The normalized spacial score (nSPS) is 38.3. The lowest BCUT2D eigenvalue weighted by Gasteiger charge is -2.19. The molecular formula is C22H30O5. The highest BCUT2D eigenvalue weighted by atomic mass is 16.6. The van der Waals surface area contributed by atoms with Gasteiger partial charge in [0.2, 0.25) is 0 Å². The van der Waals surface area contributed by atoms with E-state index in [-0.39, 0.29) is 36.7 Å². The third-order valence-corrected chi connectivity index (χ3v) is 5.93. The molecule has 0 bridgehead atoms. The number of allylic oxidation sites excluding steroid dienone is 3. The van der Waals surface area contributed by atoms with E-state index in [1.807, 2.05) is 0 Å². The van der Waals surface area contributed by atoms with Crippen molar-refractivity contribution in [1.82, 2.24) is 0 Å². The summed E-state index contributed by atoms with van der Waals surface area (Å²) in [6.07, 6.45) is 9.35. The van der Waals surface area contributed by atoms with Crippen LogP contribution in [0.4, 0.5) is 0 Å². The highest BCUT2D eigenvalue weighted by Gasteiger charge is 2.58. The zero-order chi connectivity index (χ0) is 19.6. The van der Waals surface area contributed by atoms with Crippen molar-refractivity contribution in [3.8, 4) is 0 Å². The number of hydrogen-bond donors (Lipinski definition) is 0. The third-order valence-electron chi connectivity index (χ3n) is 5.93. The summed E-state index contributed by atoms with van der Waals surface area (Å²) in [5.41, 5.74) is 2.68. The van der Waals surface area contributed by atoms with Crippen LogP contribution in [0.15, 0.2) is 35.5 Å². The van der Waals surface area contributed by atoms with Gasteiger partial charge in [0.15, 0.2) is 0 Å². The fraction of sp³-hybridized carbons (Fsp3) is 0.636. The molecule has 1 aliphatic carbocycles. The fourth-order valence-corrected chi connectivity index (χ4v) is 4.15. The lowest BCUT2D eigenvalue weighted by molar-refractivity contribution is -0.143. The van der Waals surface area contributed by atoms with Crippen molar-refractivity contribution in [2.24, 2.45) is 5.92 Å². The molecule has 0 aromatic heterocycles. The van der Waals surface area contributed by atoms with Crippen molar-refractivity contribution in [1.29, 1.82) is 0 Å². The number of ether oxygens (including phenoxy) is 3. The Morgan fingerprint density at radius 1 is 1.30 bits per heavy atom. The maximum atomic E-state index is 12.1. The zero-order valence-electron chi connectivity index (χ0n) is 16.6. The first kappa shape index (κ1) is 19.9. The van der Waals surface area contributed by atoms with Gasteiger partial charge in [-0.1, -0.05) is 29.9 Å². The van der Waals surface area contributed by atoms with Gasteiger partial charge < -0.3 is 14.2 Å². The Kier molecular flexibility index (Phi) is 5.89. The molecule has 0 aromatic carbocycles. The Bertz CT molecular complexity index is 689. The molecule has 3 rings (SSSR count). The molecule has 0 spiro atoms. The van der Waals surface area contributed by atoms with E-state index in [9.17, 15) is 9.59 Å². The van der Waals surface area contributed by atoms with Crippen LogP contribution in [0.25, 0.3) is 0 Å². The molecule has 0 saturated carbocycles. The second-order valence-corrected chi connectivity index (χ2v) is 8.15. The summed E-state index contributed by atoms with van der Waals surface area (Å²) in [5.74, 6) is -0.650. The van der Waals surface area contributed by atoms with Crippen LogP contribution >= 0.6 is 0 Å². The number of rotatable bonds is 2. The van der Waals surface area contributed by atoms with Crippen LogP contribution in [-0.4, -0.2) is 36.4 Å². The van der Waals surface area contributed by atoms with Crippen LogP contribution in [0.3, 0.4) is 0 Å².